The maximum absolute atomic E-state index is 12.9. The molecule has 23 heavy (non-hydrogen) atoms. The van der Waals surface area contributed by atoms with Gasteiger partial charge in [-0.15, -0.1) is 0 Å². The molecule has 0 aliphatic heterocycles. The molecule has 0 fully saturated rings. The third kappa shape index (κ3) is 4.42. The van der Waals surface area contributed by atoms with Gasteiger partial charge in [-0.3, -0.25) is 4.79 Å². The Labute approximate surface area is 134 Å². The molecule has 1 aromatic carbocycles. The lowest BCUT2D eigenvalue weighted by Crippen LogP contribution is -2.37. The fraction of sp³-hybridized carbons (Fsp3) is 0.294. The molecule has 122 valence electrons. The molecule has 0 radical (unpaired) electrons. The largest absolute Gasteiger partial charge is 0.334 e. The molecule has 0 unspecified atom stereocenters. The highest BCUT2D eigenvalue weighted by atomic mass is 19.1. The average molecular weight is 317 g/mol. The standard InChI is InChI=1S/C17H20FN3O2/c1-11-8-12(2)20-16(22)15(11)9-19-17(23)21(3)10-13-4-6-14(18)7-5-13/h4-8H,9-10H2,1-3H3,(H,19,23)(H,20,22). The summed E-state index contributed by atoms with van der Waals surface area (Å²) in [5.74, 6) is -0.310. The van der Waals surface area contributed by atoms with Crippen molar-refractivity contribution in [1.29, 1.82) is 0 Å². The number of aromatic amines is 1. The molecule has 5 nitrogen and oxygen atoms in total. The Hall–Kier alpha value is -2.63. The number of carbonyl (C=O) groups is 1. The second-order valence-corrected chi connectivity index (χ2v) is 5.58. The van der Waals surface area contributed by atoms with E-state index in [0.717, 1.165) is 16.8 Å². The van der Waals surface area contributed by atoms with Crippen molar-refractivity contribution in [3.8, 4) is 0 Å². The normalized spacial score (nSPS) is 10.4. The lowest BCUT2D eigenvalue weighted by molar-refractivity contribution is 0.206. The number of aromatic nitrogens is 1. The number of benzene rings is 1. The lowest BCUT2D eigenvalue weighted by atomic mass is 10.1. The van der Waals surface area contributed by atoms with Crippen molar-refractivity contribution in [3.05, 3.63) is 68.9 Å². The van der Waals surface area contributed by atoms with E-state index in [2.05, 4.69) is 10.3 Å². The first kappa shape index (κ1) is 16.7. The molecule has 6 heteroatoms. The fourth-order valence-corrected chi connectivity index (χ4v) is 2.34. The van der Waals surface area contributed by atoms with Gasteiger partial charge in [0.25, 0.3) is 5.56 Å². The Morgan fingerprint density at radius 2 is 1.91 bits per heavy atom. The molecule has 0 saturated heterocycles. The summed E-state index contributed by atoms with van der Waals surface area (Å²) in [7, 11) is 1.64. The van der Waals surface area contributed by atoms with Crippen molar-refractivity contribution in [3.63, 3.8) is 0 Å². The van der Waals surface area contributed by atoms with Crippen LogP contribution in [0.25, 0.3) is 0 Å². The van der Waals surface area contributed by atoms with Crippen molar-refractivity contribution in [1.82, 2.24) is 15.2 Å². The number of hydrogen-bond donors (Lipinski definition) is 2. The zero-order chi connectivity index (χ0) is 17.0. The van der Waals surface area contributed by atoms with Crippen molar-refractivity contribution in [2.75, 3.05) is 7.05 Å². The van der Waals surface area contributed by atoms with E-state index in [-0.39, 0.29) is 24.0 Å². The van der Waals surface area contributed by atoms with Crippen LogP contribution in [0.3, 0.4) is 0 Å². The van der Waals surface area contributed by atoms with Crippen LogP contribution in [0, 0.1) is 19.7 Å². The highest BCUT2D eigenvalue weighted by Crippen LogP contribution is 2.06. The first-order valence-corrected chi connectivity index (χ1v) is 7.29. The van der Waals surface area contributed by atoms with Crippen LogP contribution in [0.5, 0.6) is 0 Å². The third-order valence-corrected chi connectivity index (χ3v) is 3.59. The van der Waals surface area contributed by atoms with E-state index >= 15 is 0 Å². The molecule has 2 amide bonds. The molecule has 0 aliphatic carbocycles. The van der Waals surface area contributed by atoms with E-state index in [1.54, 1.807) is 19.2 Å². The zero-order valence-corrected chi connectivity index (χ0v) is 13.4. The van der Waals surface area contributed by atoms with E-state index in [9.17, 15) is 14.0 Å². The number of carbonyl (C=O) groups excluding carboxylic acids is 1. The molecule has 1 aromatic heterocycles. The van der Waals surface area contributed by atoms with Crippen LogP contribution >= 0.6 is 0 Å². The number of amides is 2. The van der Waals surface area contributed by atoms with E-state index in [1.807, 2.05) is 19.9 Å². The quantitative estimate of drug-likeness (QED) is 0.910. The molecule has 2 rings (SSSR count). The minimum atomic E-state index is -0.310. The second-order valence-electron chi connectivity index (χ2n) is 5.58. The topological polar surface area (TPSA) is 65.2 Å². The zero-order valence-electron chi connectivity index (χ0n) is 13.4. The van der Waals surface area contributed by atoms with Crippen LogP contribution in [0.1, 0.15) is 22.4 Å². The van der Waals surface area contributed by atoms with Crippen molar-refractivity contribution >= 4 is 6.03 Å². The predicted octanol–water partition coefficient (Wildman–Crippen LogP) is 2.47. The summed E-state index contributed by atoms with van der Waals surface area (Å²) in [5, 5.41) is 2.72. The van der Waals surface area contributed by atoms with Crippen LogP contribution < -0.4 is 10.9 Å². The molecule has 2 aromatic rings. The predicted molar refractivity (Wildman–Crippen MR) is 86.6 cm³/mol. The molecule has 0 atom stereocenters. The lowest BCUT2D eigenvalue weighted by Gasteiger charge is -2.18. The number of hydrogen-bond acceptors (Lipinski definition) is 2. The van der Waals surface area contributed by atoms with Gasteiger partial charge in [-0.2, -0.15) is 0 Å². The highest BCUT2D eigenvalue weighted by molar-refractivity contribution is 5.73. The summed E-state index contributed by atoms with van der Waals surface area (Å²) >= 11 is 0. The second kappa shape index (κ2) is 7.09. The van der Waals surface area contributed by atoms with Gasteiger partial charge in [0.15, 0.2) is 0 Å². The van der Waals surface area contributed by atoms with Crippen LogP contribution in [0.4, 0.5) is 9.18 Å². The fourth-order valence-electron chi connectivity index (χ4n) is 2.34. The number of nitrogens with one attached hydrogen (secondary N) is 2. The first-order chi connectivity index (χ1) is 10.9. The van der Waals surface area contributed by atoms with Gasteiger partial charge in [0.05, 0.1) is 6.54 Å². The van der Waals surface area contributed by atoms with Crippen LogP contribution in [0.15, 0.2) is 35.1 Å². The minimum Gasteiger partial charge on any atom is -0.334 e. The van der Waals surface area contributed by atoms with Gasteiger partial charge in [0, 0.05) is 24.8 Å². The maximum Gasteiger partial charge on any atom is 0.317 e. The van der Waals surface area contributed by atoms with Crippen molar-refractivity contribution in [2.45, 2.75) is 26.9 Å². The number of H-pyrrole nitrogens is 1. The smallest absolute Gasteiger partial charge is 0.317 e. The number of aryl methyl sites for hydroxylation is 2. The molecule has 0 aliphatic rings. The number of halogens is 1. The Kier molecular flexibility index (Phi) is 5.16. The molecule has 1 heterocycles. The minimum absolute atomic E-state index is 0.161. The number of nitrogens with zero attached hydrogens (tertiary/aromatic N) is 1. The Morgan fingerprint density at radius 3 is 2.52 bits per heavy atom. The monoisotopic (exact) mass is 317 g/mol. The van der Waals surface area contributed by atoms with Gasteiger partial charge in [-0.05, 0) is 43.2 Å². The van der Waals surface area contributed by atoms with Crippen LogP contribution in [0.2, 0.25) is 0 Å². The summed E-state index contributed by atoms with van der Waals surface area (Å²) in [6.07, 6.45) is 0. The Morgan fingerprint density at radius 1 is 1.26 bits per heavy atom. The molecule has 0 saturated carbocycles. The molecular formula is C17H20FN3O2. The van der Waals surface area contributed by atoms with Crippen molar-refractivity contribution < 1.29 is 9.18 Å². The molecule has 0 bridgehead atoms. The van der Waals surface area contributed by atoms with Crippen molar-refractivity contribution in [2.24, 2.45) is 0 Å². The molecular weight excluding hydrogens is 297 g/mol. The average Bonchev–Trinajstić information content (AvgIpc) is 2.48. The Balaban J connectivity index is 1.97. The van der Waals surface area contributed by atoms with Gasteiger partial charge in [-0.25, -0.2) is 9.18 Å². The van der Waals surface area contributed by atoms with Gasteiger partial charge in [-0.1, -0.05) is 12.1 Å². The van der Waals surface area contributed by atoms with E-state index in [4.69, 9.17) is 0 Å². The number of urea groups is 1. The molecule has 0 spiro atoms. The van der Waals surface area contributed by atoms with Crippen LogP contribution in [-0.4, -0.2) is 23.0 Å². The van der Waals surface area contributed by atoms with E-state index in [1.165, 1.54) is 17.0 Å². The summed E-state index contributed by atoms with van der Waals surface area (Å²) < 4.78 is 12.9. The maximum atomic E-state index is 12.9. The number of pyridine rings is 1. The summed E-state index contributed by atoms with van der Waals surface area (Å²) in [5.41, 5.74) is 2.81. The number of rotatable bonds is 4. The Bertz CT molecular complexity index is 753. The van der Waals surface area contributed by atoms with Gasteiger partial charge in [0.2, 0.25) is 0 Å². The SMILES string of the molecule is Cc1cc(C)c(CNC(=O)N(C)Cc2ccc(F)cc2)c(=O)[nH]1. The summed E-state index contributed by atoms with van der Waals surface area (Å²) in [6, 6.07) is 7.55. The van der Waals surface area contributed by atoms with E-state index in [0.29, 0.717) is 12.1 Å². The van der Waals surface area contributed by atoms with Gasteiger partial charge in [0.1, 0.15) is 5.82 Å². The van der Waals surface area contributed by atoms with Gasteiger partial charge >= 0.3 is 6.03 Å². The third-order valence-electron chi connectivity index (χ3n) is 3.59. The first-order valence-electron chi connectivity index (χ1n) is 7.29. The molecule has 2 N–H and O–H groups in total. The highest BCUT2D eigenvalue weighted by Gasteiger charge is 2.11. The summed E-state index contributed by atoms with van der Waals surface area (Å²) in [4.78, 5) is 28.2. The van der Waals surface area contributed by atoms with E-state index < -0.39 is 0 Å². The van der Waals surface area contributed by atoms with Gasteiger partial charge < -0.3 is 15.2 Å². The van der Waals surface area contributed by atoms with Crippen LogP contribution in [-0.2, 0) is 13.1 Å². The summed E-state index contributed by atoms with van der Waals surface area (Å²) in [6.45, 7) is 4.17.